The van der Waals surface area contributed by atoms with Gasteiger partial charge in [0.15, 0.2) is 0 Å². The molecule has 0 aliphatic heterocycles. The summed E-state index contributed by atoms with van der Waals surface area (Å²) >= 11 is 1.63. The average molecular weight is 609 g/mol. The van der Waals surface area contributed by atoms with E-state index >= 15 is 0 Å². The van der Waals surface area contributed by atoms with E-state index in [1.807, 2.05) is 54.0 Å². The van der Waals surface area contributed by atoms with Crippen LogP contribution in [-0.4, -0.2) is 56.6 Å². The van der Waals surface area contributed by atoms with Gasteiger partial charge in [0, 0.05) is 34.9 Å². The lowest BCUT2D eigenvalue weighted by molar-refractivity contribution is -0.384. The normalized spacial score (nSPS) is 12.1. The van der Waals surface area contributed by atoms with Crippen molar-refractivity contribution in [3.63, 3.8) is 0 Å². The van der Waals surface area contributed by atoms with Gasteiger partial charge in [0.05, 0.1) is 9.82 Å². The number of hydrogen-bond acceptors (Lipinski definition) is 8. The van der Waals surface area contributed by atoms with E-state index in [0.717, 1.165) is 16.5 Å². The van der Waals surface area contributed by atoms with E-state index in [2.05, 4.69) is 5.32 Å². The van der Waals surface area contributed by atoms with Crippen LogP contribution in [0.1, 0.15) is 10.4 Å². The third kappa shape index (κ3) is 8.15. The fourth-order valence-electron chi connectivity index (χ4n) is 4.14. The Morgan fingerprint density at radius 1 is 0.952 bits per heavy atom. The molecular weight excluding hydrogens is 579 g/mol. The Bertz CT molecular complexity index is 1650. The number of carbonyl (C=O) groups excluding carboxylic acids is 1. The van der Waals surface area contributed by atoms with Crippen LogP contribution in [0.15, 0.2) is 107 Å². The summed E-state index contributed by atoms with van der Waals surface area (Å²) in [6.45, 7) is 1.08. The molecule has 0 heterocycles. The maximum absolute atomic E-state index is 13.2. The Kier molecular flexibility index (Phi) is 9.94. The van der Waals surface area contributed by atoms with E-state index < -0.39 is 31.4 Å². The molecular formula is C30H29FN4O5S2. The molecule has 0 aliphatic carbocycles. The van der Waals surface area contributed by atoms with Gasteiger partial charge in [0.1, 0.15) is 11.5 Å². The van der Waals surface area contributed by atoms with Crippen molar-refractivity contribution in [1.29, 1.82) is 0 Å². The molecule has 0 spiro atoms. The molecule has 1 amide bonds. The highest BCUT2D eigenvalue weighted by Gasteiger charge is 2.24. The predicted molar refractivity (Wildman–Crippen MR) is 163 cm³/mol. The lowest BCUT2D eigenvalue weighted by atomic mass is 10.0. The maximum Gasteiger partial charge on any atom is 0.293 e. The van der Waals surface area contributed by atoms with Gasteiger partial charge in [-0.3, -0.25) is 14.9 Å². The summed E-state index contributed by atoms with van der Waals surface area (Å²) in [7, 11) is -0.541. The number of thioether (sulfide) groups is 1. The second-order valence-electron chi connectivity index (χ2n) is 9.65. The smallest absolute Gasteiger partial charge is 0.293 e. The number of nitro groups is 1. The van der Waals surface area contributed by atoms with Crippen LogP contribution >= 0.6 is 11.8 Å². The first-order chi connectivity index (χ1) is 20.0. The number of carbonyl (C=O) groups is 1. The lowest BCUT2D eigenvalue weighted by Gasteiger charge is -2.21. The maximum atomic E-state index is 13.2. The van der Waals surface area contributed by atoms with Gasteiger partial charge in [-0.05, 0) is 73.8 Å². The summed E-state index contributed by atoms with van der Waals surface area (Å²) < 4.78 is 41.2. The van der Waals surface area contributed by atoms with Crippen molar-refractivity contribution >= 4 is 39.1 Å². The van der Waals surface area contributed by atoms with Crippen LogP contribution in [0, 0.1) is 15.9 Å². The van der Waals surface area contributed by atoms with E-state index in [1.54, 1.807) is 36.0 Å². The molecule has 9 nitrogen and oxygen atoms in total. The monoisotopic (exact) mass is 608 g/mol. The zero-order valence-corrected chi connectivity index (χ0v) is 24.5. The van der Waals surface area contributed by atoms with E-state index in [-0.39, 0.29) is 22.3 Å². The number of nitrogens with zero attached hydrogens (tertiary/aromatic N) is 2. The van der Waals surface area contributed by atoms with Crippen LogP contribution in [-0.2, 0) is 10.0 Å². The molecule has 4 aromatic carbocycles. The second kappa shape index (κ2) is 13.6. The molecule has 1 atom stereocenters. The van der Waals surface area contributed by atoms with Crippen molar-refractivity contribution in [3.05, 3.63) is 119 Å². The standard InChI is InChI=1S/C30H29FN4O5S2/c1-34(2)20-26(41-25-6-4-3-5-7-25)19-32-28-17-16-27(18-29(28)35(37)38)42(39,40)33-30(36)23-10-8-21(9-11-23)22-12-14-24(31)15-13-22/h3-18,26,32H,19-20H2,1-2H3,(H,33,36). The number of nitro benzene ring substituents is 1. The highest BCUT2D eigenvalue weighted by atomic mass is 32.2. The minimum absolute atomic E-state index is 0.0409. The number of halogens is 1. The Labute approximate surface area is 248 Å². The number of sulfonamides is 1. The first-order valence-electron chi connectivity index (χ1n) is 12.8. The summed E-state index contributed by atoms with van der Waals surface area (Å²) in [6.07, 6.45) is 0. The molecule has 0 saturated heterocycles. The summed E-state index contributed by atoms with van der Waals surface area (Å²) in [5.41, 5.74) is 1.24. The number of amides is 1. The van der Waals surface area contributed by atoms with Crippen LogP contribution in [0.3, 0.4) is 0 Å². The molecule has 2 N–H and O–H groups in total. The van der Waals surface area contributed by atoms with Gasteiger partial charge in [-0.25, -0.2) is 17.5 Å². The molecule has 218 valence electrons. The fraction of sp³-hybridized carbons (Fsp3) is 0.167. The van der Waals surface area contributed by atoms with E-state index in [9.17, 15) is 27.7 Å². The number of hydrogen-bond donors (Lipinski definition) is 2. The molecule has 42 heavy (non-hydrogen) atoms. The SMILES string of the molecule is CN(C)CC(CNc1ccc(S(=O)(=O)NC(=O)c2ccc(-c3ccc(F)cc3)cc2)cc1[N+](=O)[O-])Sc1ccccc1. The van der Waals surface area contributed by atoms with Crippen LogP contribution in [0.5, 0.6) is 0 Å². The van der Waals surface area contributed by atoms with Crippen molar-refractivity contribution in [3.8, 4) is 11.1 Å². The summed E-state index contributed by atoms with van der Waals surface area (Å²) in [5.74, 6) is -1.27. The molecule has 1 unspecified atom stereocenters. The van der Waals surface area contributed by atoms with Crippen LogP contribution in [0.25, 0.3) is 11.1 Å². The lowest BCUT2D eigenvalue weighted by Crippen LogP contribution is -2.31. The Balaban J connectivity index is 1.47. The number of nitrogens with one attached hydrogen (secondary N) is 2. The van der Waals surface area contributed by atoms with Gasteiger partial charge in [-0.1, -0.05) is 42.5 Å². The van der Waals surface area contributed by atoms with Gasteiger partial charge >= 0.3 is 0 Å². The number of rotatable bonds is 12. The molecule has 0 fully saturated rings. The first-order valence-corrected chi connectivity index (χ1v) is 15.2. The summed E-state index contributed by atoms with van der Waals surface area (Å²) in [6, 6.07) is 25.2. The quantitative estimate of drug-likeness (QED) is 0.120. The van der Waals surface area contributed by atoms with Gasteiger partial charge in [-0.15, -0.1) is 11.8 Å². The molecule has 0 saturated carbocycles. The molecule has 0 radical (unpaired) electrons. The zero-order chi connectivity index (χ0) is 30.3. The van der Waals surface area contributed by atoms with Crippen molar-refractivity contribution in [2.45, 2.75) is 15.0 Å². The third-order valence-corrected chi connectivity index (χ3v) is 8.68. The van der Waals surface area contributed by atoms with Gasteiger partial charge in [0.25, 0.3) is 21.6 Å². The van der Waals surface area contributed by atoms with Crippen molar-refractivity contribution in [2.24, 2.45) is 0 Å². The van der Waals surface area contributed by atoms with E-state index in [1.165, 1.54) is 36.4 Å². The second-order valence-corrected chi connectivity index (χ2v) is 12.7. The summed E-state index contributed by atoms with van der Waals surface area (Å²) in [4.78, 5) is 26.6. The van der Waals surface area contributed by atoms with E-state index in [0.29, 0.717) is 18.7 Å². The highest BCUT2D eigenvalue weighted by Crippen LogP contribution is 2.30. The highest BCUT2D eigenvalue weighted by molar-refractivity contribution is 8.00. The van der Waals surface area contributed by atoms with E-state index in [4.69, 9.17) is 0 Å². The number of benzene rings is 4. The average Bonchev–Trinajstić information content (AvgIpc) is 2.96. The minimum atomic E-state index is -4.42. The molecule has 0 bridgehead atoms. The van der Waals surface area contributed by atoms with Gasteiger partial charge in [0.2, 0.25) is 0 Å². The molecule has 4 rings (SSSR count). The zero-order valence-electron chi connectivity index (χ0n) is 22.9. The van der Waals surface area contributed by atoms with Crippen molar-refractivity contribution in [2.75, 3.05) is 32.5 Å². The fourth-order valence-corrected chi connectivity index (χ4v) is 6.37. The van der Waals surface area contributed by atoms with Crippen molar-refractivity contribution in [1.82, 2.24) is 9.62 Å². The predicted octanol–water partition coefficient (Wildman–Crippen LogP) is 5.65. The molecule has 0 aromatic heterocycles. The van der Waals surface area contributed by atoms with Crippen LogP contribution < -0.4 is 10.0 Å². The van der Waals surface area contributed by atoms with Crippen LogP contribution in [0.4, 0.5) is 15.8 Å². The topological polar surface area (TPSA) is 122 Å². The number of anilines is 1. The molecule has 0 aliphatic rings. The Morgan fingerprint density at radius 3 is 2.17 bits per heavy atom. The molecule has 12 heteroatoms. The third-order valence-electron chi connectivity index (χ3n) is 6.16. The van der Waals surface area contributed by atoms with Crippen molar-refractivity contribution < 1.29 is 22.5 Å². The first kappa shape index (κ1) is 30.7. The Morgan fingerprint density at radius 2 is 1.57 bits per heavy atom. The summed E-state index contributed by atoms with van der Waals surface area (Å²) in [5, 5.41) is 15.0. The minimum Gasteiger partial charge on any atom is -0.378 e. The van der Waals surface area contributed by atoms with Crippen LogP contribution in [0.2, 0.25) is 0 Å². The van der Waals surface area contributed by atoms with Gasteiger partial charge < -0.3 is 10.2 Å². The van der Waals surface area contributed by atoms with Gasteiger partial charge in [-0.2, -0.15) is 0 Å². The largest absolute Gasteiger partial charge is 0.378 e. The Hall–Kier alpha value is -4.26. The molecule has 4 aromatic rings.